The minimum Gasteiger partial charge on any atom is -0.449 e. The molecule has 0 saturated heterocycles. The van der Waals surface area contributed by atoms with Crippen molar-refractivity contribution in [3.8, 4) is 0 Å². The third-order valence-corrected chi connectivity index (χ3v) is 7.07. The third kappa shape index (κ3) is 6.30. The lowest BCUT2D eigenvalue weighted by atomic mass is 10.1. The Morgan fingerprint density at radius 3 is 1.71 bits per heavy atom. The highest BCUT2D eigenvalue weighted by Crippen LogP contribution is 2.17. The molecule has 0 radical (unpaired) electrons. The lowest BCUT2D eigenvalue weighted by Gasteiger charge is -2.26. The summed E-state index contributed by atoms with van der Waals surface area (Å²) in [5, 5.41) is 0. The summed E-state index contributed by atoms with van der Waals surface area (Å²) >= 11 is 0. The van der Waals surface area contributed by atoms with Gasteiger partial charge in [-0.05, 0) is 42.3 Å². The van der Waals surface area contributed by atoms with Gasteiger partial charge in [-0.2, -0.15) is 0 Å². The maximum absolute atomic E-state index is 13.2. The molecule has 0 aromatic heterocycles. The van der Waals surface area contributed by atoms with Gasteiger partial charge in [0.2, 0.25) is 10.0 Å². The highest BCUT2D eigenvalue weighted by molar-refractivity contribution is 7.89. The van der Waals surface area contributed by atoms with Crippen LogP contribution in [0.25, 0.3) is 0 Å². The van der Waals surface area contributed by atoms with Gasteiger partial charge in [-0.15, -0.1) is 0 Å². The van der Waals surface area contributed by atoms with Crippen LogP contribution in [0.2, 0.25) is 0 Å². The molecule has 1 amide bonds. The normalized spacial score (nSPS) is 12.2. The Kier molecular flexibility index (Phi) is 8.20. The van der Waals surface area contributed by atoms with Crippen LogP contribution in [0.3, 0.4) is 0 Å². The van der Waals surface area contributed by atoms with Crippen LogP contribution in [0.1, 0.15) is 28.4 Å². The molecule has 0 aliphatic rings. The van der Waals surface area contributed by atoms with Gasteiger partial charge in [0, 0.05) is 27.2 Å². The van der Waals surface area contributed by atoms with Crippen molar-refractivity contribution in [1.82, 2.24) is 9.21 Å². The quantitative estimate of drug-likeness (QED) is 0.436. The van der Waals surface area contributed by atoms with Crippen molar-refractivity contribution in [2.75, 3.05) is 14.1 Å². The molecule has 3 aromatic carbocycles. The van der Waals surface area contributed by atoms with E-state index in [1.54, 1.807) is 4.90 Å². The number of carbonyl (C=O) groups excluding carboxylic acids is 2. The highest BCUT2D eigenvalue weighted by Gasteiger charge is 2.25. The Morgan fingerprint density at radius 2 is 1.26 bits per heavy atom. The van der Waals surface area contributed by atoms with Crippen LogP contribution in [0.5, 0.6) is 0 Å². The Hall–Kier alpha value is -3.49. The standard InChI is InChI=1S/C26H28N2O5S/c1-20(33-26(30)23-14-16-24(17-15-23)34(31,32)27(2)3)25(29)28(18-21-10-6-4-7-11-21)19-22-12-8-5-9-13-22/h4-17,20H,18-19H2,1-3H3/t20-/m1/s1. The molecular weight excluding hydrogens is 452 g/mol. The summed E-state index contributed by atoms with van der Waals surface area (Å²) in [6, 6.07) is 24.6. The maximum atomic E-state index is 13.2. The first-order chi connectivity index (χ1) is 16.2. The summed E-state index contributed by atoms with van der Waals surface area (Å²) in [5.74, 6) is -1.03. The van der Waals surface area contributed by atoms with Crippen LogP contribution in [-0.4, -0.2) is 49.7 Å². The van der Waals surface area contributed by atoms with Crippen molar-refractivity contribution in [3.05, 3.63) is 102 Å². The lowest BCUT2D eigenvalue weighted by Crippen LogP contribution is -2.39. The summed E-state index contributed by atoms with van der Waals surface area (Å²) in [4.78, 5) is 27.6. The molecule has 0 bridgehead atoms. The van der Waals surface area contributed by atoms with Crippen LogP contribution in [0, 0.1) is 0 Å². The van der Waals surface area contributed by atoms with E-state index in [9.17, 15) is 18.0 Å². The van der Waals surface area contributed by atoms with Crippen LogP contribution >= 0.6 is 0 Å². The van der Waals surface area contributed by atoms with Gasteiger partial charge in [0.1, 0.15) is 0 Å². The SMILES string of the molecule is C[C@@H](OC(=O)c1ccc(S(=O)(=O)N(C)C)cc1)C(=O)N(Cc1ccccc1)Cc1ccccc1. The maximum Gasteiger partial charge on any atom is 0.338 e. The van der Waals surface area contributed by atoms with Gasteiger partial charge >= 0.3 is 5.97 Å². The average molecular weight is 481 g/mol. The zero-order valence-corrected chi connectivity index (χ0v) is 20.2. The molecule has 0 heterocycles. The fraction of sp³-hybridized carbons (Fsp3) is 0.231. The van der Waals surface area contributed by atoms with E-state index in [1.807, 2.05) is 60.7 Å². The van der Waals surface area contributed by atoms with E-state index in [0.717, 1.165) is 15.4 Å². The second-order valence-electron chi connectivity index (χ2n) is 8.02. The van der Waals surface area contributed by atoms with Gasteiger partial charge in [0.25, 0.3) is 5.91 Å². The average Bonchev–Trinajstić information content (AvgIpc) is 2.84. The van der Waals surface area contributed by atoms with Crippen molar-refractivity contribution in [1.29, 1.82) is 0 Å². The van der Waals surface area contributed by atoms with E-state index < -0.39 is 22.1 Å². The monoisotopic (exact) mass is 480 g/mol. The number of nitrogens with zero attached hydrogens (tertiary/aromatic N) is 2. The van der Waals surface area contributed by atoms with Crippen molar-refractivity contribution in [3.63, 3.8) is 0 Å². The van der Waals surface area contributed by atoms with Crippen molar-refractivity contribution >= 4 is 21.9 Å². The summed E-state index contributed by atoms with van der Waals surface area (Å²) in [5.41, 5.74) is 2.08. The Morgan fingerprint density at radius 1 is 0.794 bits per heavy atom. The van der Waals surface area contributed by atoms with Gasteiger partial charge < -0.3 is 9.64 Å². The lowest BCUT2D eigenvalue weighted by molar-refractivity contribution is -0.141. The molecule has 1 atom stereocenters. The highest BCUT2D eigenvalue weighted by atomic mass is 32.2. The molecule has 0 unspecified atom stereocenters. The summed E-state index contributed by atoms with van der Waals surface area (Å²) in [6.07, 6.45) is -1.02. The zero-order chi connectivity index (χ0) is 24.7. The van der Waals surface area contributed by atoms with E-state index in [1.165, 1.54) is 45.3 Å². The molecule has 7 nitrogen and oxygen atoms in total. The fourth-order valence-electron chi connectivity index (χ4n) is 3.33. The Balaban J connectivity index is 1.73. The third-order valence-electron chi connectivity index (χ3n) is 5.24. The number of amides is 1. The minimum atomic E-state index is -3.61. The summed E-state index contributed by atoms with van der Waals surface area (Å²) < 4.78 is 31.0. The molecular formula is C26H28N2O5S. The first-order valence-corrected chi connectivity index (χ1v) is 12.2. The largest absolute Gasteiger partial charge is 0.449 e. The number of benzene rings is 3. The van der Waals surface area contributed by atoms with Gasteiger partial charge in [0.15, 0.2) is 6.10 Å². The first-order valence-electron chi connectivity index (χ1n) is 10.8. The molecule has 0 spiro atoms. The van der Waals surface area contributed by atoms with Gasteiger partial charge in [-0.3, -0.25) is 4.79 Å². The van der Waals surface area contributed by atoms with E-state index in [4.69, 9.17) is 4.74 Å². The van der Waals surface area contributed by atoms with Crippen molar-refractivity contribution < 1.29 is 22.7 Å². The van der Waals surface area contributed by atoms with E-state index in [0.29, 0.717) is 13.1 Å². The van der Waals surface area contributed by atoms with Gasteiger partial charge in [-0.25, -0.2) is 17.5 Å². The van der Waals surface area contributed by atoms with E-state index in [2.05, 4.69) is 0 Å². The van der Waals surface area contributed by atoms with Crippen LogP contribution in [0.15, 0.2) is 89.8 Å². The molecule has 0 saturated carbocycles. The first kappa shape index (κ1) is 25.1. The molecule has 34 heavy (non-hydrogen) atoms. The fourth-order valence-corrected chi connectivity index (χ4v) is 4.23. The second-order valence-corrected chi connectivity index (χ2v) is 10.2. The smallest absolute Gasteiger partial charge is 0.338 e. The summed E-state index contributed by atoms with van der Waals surface area (Å²) in [6.45, 7) is 2.27. The Labute approximate surface area is 200 Å². The number of hydrogen-bond acceptors (Lipinski definition) is 5. The molecule has 3 rings (SSSR count). The summed E-state index contributed by atoms with van der Waals surface area (Å²) in [7, 11) is -0.742. The number of carbonyl (C=O) groups is 2. The number of esters is 1. The predicted octanol–water partition coefficient (Wildman–Crippen LogP) is 3.71. The molecule has 0 aliphatic carbocycles. The van der Waals surface area contributed by atoms with E-state index in [-0.39, 0.29) is 16.4 Å². The zero-order valence-electron chi connectivity index (χ0n) is 19.4. The molecule has 3 aromatic rings. The van der Waals surface area contributed by atoms with Gasteiger partial charge in [0.05, 0.1) is 10.5 Å². The predicted molar refractivity (Wildman–Crippen MR) is 129 cm³/mol. The van der Waals surface area contributed by atoms with Crippen molar-refractivity contribution in [2.24, 2.45) is 0 Å². The molecule has 178 valence electrons. The Bertz CT molecular complexity index is 1170. The molecule has 8 heteroatoms. The topological polar surface area (TPSA) is 84.0 Å². The van der Waals surface area contributed by atoms with Crippen LogP contribution in [-0.2, 0) is 32.6 Å². The molecule has 0 N–H and O–H groups in total. The van der Waals surface area contributed by atoms with Crippen molar-refractivity contribution in [2.45, 2.75) is 31.0 Å². The number of ether oxygens (including phenoxy) is 1. The molecule has 0 fully saturated rings. The van der Waals surface area contributed by atoms with Crippen LogP contribution in [0.4, 0.5) is 0 Å². The molecule has 0 aliphatic heterocycles. The van der Waals surface area contributed by atoms with Crippen LogP contribution < -0.4 is 0 Å². The van der Waals surface area contributed by atoms with Gasteiger partial charge in [-0.1, -0.05) is 60.7 Å². The van der Waals surface area contributed by atoms with E-state index >= 15 is 0 Å². The number of hydrogen-bond donors (Lipinski definition) is 0. The number of sulfonamides is 1. The minimum absolute atomic E-state index is 0.0649. The second kappa shape index (κ2) is 11.1. The number of rotatable bonds is 9.